The van der Waals surface area contributed by atoms with Crippen LogP contribution in [0.15, 0.2) is 17.2 Å². The maximum atomic E-state index is 14.1. The lowest BCUT2D eigenvalue weighted by Gasteiger charge is -2.28. The molecule has 0 aliphatic carbocycles. The average molecular weight is 417 g/mol. The fraction of sp³-hybridized carbons (Fsp3) is 0.632. The Balaban J connectivity index is 1.74. The van der Waals surface area contributed by atoms with E-state index in [-0.39, 0.29) is 18.6 Å². The molecule has 0 radical (unpaired) electrons. The van der Waals surface area contributed by atoms with Crippen LogP contribution in [0, 0.1) is 11.7 Å². The van der Waals surface area contributed by atoms with Crippen LogP contribution in [0.3, 0.4) is 0 Å². The highest BCUT2D eigenvalue weighted by atomic mass is 32.2. The molecule has 0 bridgehead atoms. The van der Waals surface area contributed by atoms with Gasteiger partial charge in [0, 0.05) is 35.5 Å². The molecule has 2 N–H and O–H groups in total. The fourth-order valence-corrected chi connectivity index (χ4v) is 4.21. The Labute approximate surface area is 166 Å². The number of alkyl halides is 2. The molecule has 5 nitrogen and oxygen atoms in total. The van der Waals surface area contributed by atoms with Crippen LogP contribution in [-0.2, 0) is 24.2 Å². The standard InChI is InChI=1S/C19H26F3N3O2S/c1-10(25-28(26)19(2,3)4)15-8-12-7-14(20)6-11(17(12)27-15)5-13-9-23-24-16(13)18(21)22/h6-7,9-10,13,15-16,18,24-25H,5,8H2,1-4H3/t10?,13?,15?,16-,28+/m0/s1. The van der Waals surface area contributed by atoms with Gasteiger partial charge in [0.05, 0.1) is 6.04 Å². The highest BCUT2D eigenvalue weighted by Gasteiger charge is 2.37. The van der Waals surface area contributed by atoms with Gasteiger partial charge in [-0.2, -0.15) is 5.10 Å². The Morgan fingerprint density at radius 1 is 1.39 bits per heavy atom. The van der Waals surface area contributed by atoms with E-state index < -0.39 is 40.3 Å². The molecule has 0 spiro atoms. The third kappa shape index (κ3) is 4.58. The SMILES string of the molecule is CC(N[S@+]([O-])C(C)(C)C)C1Cc2cc(F)cc(CC3C=NN[C@@H]3C(F)F)c2O1. The summed E-state index contributed by atoms with van der Waals surface area (Å²) in [7, 11) is 0. The molecule has 5 atom stereocenters. The van der Waals surface area contributed by atoms with E-state index in [4.69, 9.17) is 4.74 Å². The van der Waals surface area contributed by atoms with Crippen LogP contribution in [0.5, 0.6) is 5.75 Å². The number of hydrazone groups is 1. The zero-order chi connectivity index (χ0) is 20.6. The summed E-state index contributed by atoms with van der Waals surface area (Å²) in [6.07, 6.45) is -0.779. The molecule has 0 saturated carbocycles. The maximum Gasteiger partial charge on any atom is 0.260 e. The van der Waals surface area contributed by atoms with E-state index in [0.717, 1.165) is 0 Å². The van der Waals surface area contributed by atoms with E-state index in [1.54, 1.807) is 0 Å². The molecule has 3 unspecified atom stereocenters. The smallest absolute Gasteiger partial charge is 0.260 e. The molecule has 9 heteroatoms. The molecular formula is C19H26F3N3O2S. The fourth-order valence-electron chi connectivity index (χ4n) is 3.37. The number of nitrogens with one attached hydrogen (secondary N) is 2. The summed E-state index contributed by atoms with van der Waals surface area (Å²) in [5.41, 5.74) is 3.66. The average Bonchev–Trinajstić information content (AvgIpc) is 3.20. The Kier molecular flexibility index (Phi) is 6.17. The van der Waals surface area contributed by atoms with Crippen molar-refractivity contribution in [2.75, 3.05) is 0 Å². The molecule has 0 saturated heterocycles. The van der Waals surface area contributed by atoms with Crippen LogP contribution in [0.1, 0.15) is 38.8 Å². The normalized spacial score (nSPS) is 26.1. The summed E-state index contributed by atoms with van der Waals surface area (Å²) in [5, 5.41) is 3.75. The largest absolute Gasteiger partial charge is 0.598 e. The lowest BCUT2D eigenvalue weighted by molar-refractivity contribution is 0.0896. The summed E-state index contributed by atoms with van der Waals surface area (Å²) < 4.78 is 61.5. The van der Waals surface area contributed by atoms with Gasteiger partial charge in [-0.1, -0.05) is 0 Å². The van der Waals surface area contributed by atoms with E-state index in [2.05, 4.69) is 15.2 Å². The van der Waals surface area contributed by atoms with Crippen molar-refractivity contribution in [1.29, 1.82) is 0 Å². The van der Waals surface area contributed by atoms with Crippen LogP contribution < -0.4 is 14.9 Å². The first-order valence-corrected chi connectivity index (χ1v) is 10.4. The summed E-state index contributed by atoms with van der Waals surface area (Å²) >= 11 is -1.27. The number of fused-ring (bicyclic) bond motifs is 1. The minimum atomic E-state index is -2.57. The van der Waals surface area contributed by atoms with Crippen molar-refractivity contribution in [3.8, 4) is 5.75 Å². The second-order valence-electron chi connectivity index (χ2n) is 8.34. The van der Waals surface area contributed by atoms with Gasteiger partial charge in [0.25, 0.3) is 6.43 Å². The van der Waals surface area contributed by atoms with Crippen LogP contribution in [0.4, 0.5) is 13.2 Å². The highest BCUT2D eigenvalue weighted by Crippen LogP contribution is 2.37. The molecule has 156 valence electrons. The number of ether oxygens (including phenoxy) is 1. The quantitative estimate of drug-likeness (QED) is 0.699. The zero-order valence-corrected chi connectivity index (χ0v) is 17.2. The third-order valence-electron chi connectivity index (χ3n) is 4.98. The lowest BCUT2D eigenvalue weighted by Crippen LogP contribution is -2.49. The monoisotopic (exact) mass is 417 g/mol. The first-order chi connectivity index (χ1) is 13.1. The van der Waals surface area contributed by atoms with Crippen LogP contribution in [-0.4, -0.2) is 40.1 Å². The number of hydrogen-bond acceptors (Lipinski definition) is 5. The van der Waals surface area contributed by atoms with Crippen molar-refractivity contribution in [2.24, 2.45) is 11.0 Å². The minimum Gasteiger partial charge on any atom is -0.598 e. The molecule has 0 amide bonds. The summed E-state index contributed by atoms with van der Waals surface area (Å²) in [6.45, 7) is 7.49. The minimum absolute atomic E-state index is 0.202. The summed E-state index contributed by atoms with van der Waals surface area (Å²) in [5.74, 6) is -0.430. The second kappa shape index (κ2) is 8.12. The first-order valence-electron chi connectivity index (χ1n) is 9.29. The second-order valence-corrected chi connectivity index (χ2v) is 10.3. The zero-order valence-electron chi connectivity index (χ0n) is 16.3. The van der Waals surface area contributed by atoms with Crippen LogP contribution in [0.25, 0.3) is 0 Å². The van der Waals surface area contributed by atoms with Gasteiger partial charge < -0.3 is 14.7 Å². The molecule has 1 aromatic carbocycles. The van der Waals surface area contributed by atoms with E-state index >= 15 is 0 Å². The van der Waals surface area contributed by atoms with E-state index in [9.17, 15) is 17.7 Å². The highest BCUT2D eigenvalue weighted by molar-refractivity contribution is 7.90. The molecule has 2 aliphatic heterocycles. The Morgan fingerprint density at radius 3 is 2.75 bits per heavy atom. The molecule has 2 heterocycles. The van der Waals surface area contributed by atoms with Gasteiger partial charge in [-0.25, -0.2) is 13.2 Å². The maximum absolute atomic E-state index is 14.1. The van der Waals surface area contributed by atoms with Crippen molar-refractivity contribution in [2.45, 2.75) is 69.9 Å². The molecule has 0 fully saturated rings. The van der Waals surface area contributed by atoms with E-state index in [1.807, 2.05) is 27.7 Å². The lowest BCUT2D eigenvalue weighted by atomic mass is 9.92. The van der Waals surface area contributed by atoms with Crippen molar-refractivity contribution in [1.82, 2.24) is 10.1 Å². The van der Waals surface area contributed by atoms with Crippen molar-refractivity contribution < 1.29 is 22.5 Å². The Hall–Kier alpha value is -1.45. The van der Waals surface area contributed by atoms with E-state index in [0.29, 0.717) is 23.3 Å². The van der Waals surface area contributed by atoms with Gasteiger partial charge in [0.15, 0.2) is 0 Å². The number of halogens is 3. The summed E-state index contributed by atoms with van der Waals surface area (Å²) in [4.78, 5) is 0. The predicted molar refractivity (Wildman–Crippen MR) is 104 cm³/mol. The van der Waals surface area contributed by atoms with Gasteiger partial charge in [-0.15, -0.1) is 4.72 Å². The Bertz CT molecular complexity index is 742. The van der Waals surface area contributed by atoms with Crippen LogP contribution in [0.2, 0.25) is 0 Å². The topological polar surface area (TPSA) is 68.7 Å². The number of hydrogen-bond donors (Lipinski definition) is 2. The molecule has 28 heavy (non-hydrogen) atoms. The van der Waals surface area contributed by atoms with Crippen molar-refractivity contribution in [3.63, 3.8) is 0 Å². The van der Waals surface area contributed by atoms with Crippen molar-refractivity contribution in [3.05, 3.63) is 29.1 Å². The van der Waals surface area contributed by atoms with Gasteiger partial charge in [0.1, 0.15) is 28.5 Å². The van der Waals surface area contributed by atoms with Gasteiger partial charge in [-0.05, 0) is 51.8 Å². The van der Waals surface area contributed by atoms with Crippen molar-refractivity contribution >= 4 is 17.6 Å². The van der Waals surface area contributed by atoms with Gasteiger partial charge in [0.2, 0.25) is 0 Å². The molecular weight excluding hydrogens is 391 g/mol. The first kappa shape index (κ1) is 21.3. The summed E-state index contributed by atoms with van der Waals surface area (Å²) in [6, 6.07) is 1.43. The number of benzene rings is 1. The molecule has 2 aliphatic rings. The predicted octanol–water partition coefficient (Wildman–Crippen LogP) is 2.95. The Morgan fingerprint density at radius 2 is 2.11 bits per heavy atom. The van der Waals surface area contributed by atoms with Crippen LogP contribution >= 0.6 is 0 Å². The van der Waals surface area contributed by atoms with Gasteiger partial charge >= 0.3 is 0 Å². The molecule has 0 aromatic heterocycles. The van der Waals surface area contributed by atoms with Gasteiger partial charge in [-0.3, -0.25) is 0 Å². The molecule has 3 rings (SSSR count). The number of nitrogens with zero attached hydrogens (tertiary/aromatic N) is 1. The number of rotatable bonds is 6. The third-order valence-corrected chi connectivity index (χ3v) is 6.68. The van der Waals surface area contributed by atoms with E-state index in [1.165, 1.54) is 18.3 Å². The molecule has 1 aromatic rings.